The van der Waals surface area contributed by atoms with Gasteiger partial charge in [0.1, 0.15) is 6.10 Å². The van der Waals surface area contributed by atoms with Crippen LogP contribution in [0.25, 0.3) is 0 Å². The number of hydrogen-bond donors (Lipinski definition) is 0. The third-order valence-corrected chi connectivity index (χ3v) is 6.15. The Balaban J connectivity index is 1.60. The average molecular weight is 251 g/mol. The van der Waals surface area contributed by atoms with Crippen molar-refractivity contribution >= 4 is 17.0 Å². The van der Waals surface area contributed by atoms with Gasteiger partial charge in [-0.2, -0.15) is 0 Å². The molecule has 0 aromatic heterocycles. The normalized spacial score (nSPS) is 54.3. The smallest absolute Gasteiger partial charge is 0.246 e. The second-order valence-corrected chi connectivity index (χ2v) is 7.73. The van der Waals surface area contributed by atoms with Crippen LogP contribution >= 0.6 is 11.8 Å². The molecule has 1 saturated heterocycles. The number of hydrogen-bond acceptors (Lipinski definition) is 3. The highest BCUT2D eigenvalue weighted by Gasteiger charge is 2.51. The molecule has 1 unspecified atom stereocenters. The molecule has 0 aromatic carbocycles. The number of thioether (sulfide) groups is 1. The van der Waals surface area contributed by atoms with Gasteiger partial charge in [-0.3, -0.25) is 0 Å². The molecule has 5 rings (SSSR count). The van der Waals surface area contributed by atoms with Gasteiger partial charge in [-0.05, 0) is 63.2 Å². The van der Waals surface area contributed by atoms with Gasteiger partial charge in [0.25, 0.3) is 0 Å². The molecule has 4 bridgehead atoms. The molecule has 0 amide bonds. The molecule has 94 valence electrons. The van der Waals surface area contributed by atoms with Gasteiger partial charge in [0.05, 0.1) is 5.54 Å². The lowest BCUT2D eigenvalue weighted by Gasteiger charge is -2.54. The van der Waals surface area contributed by atoms with E-state index < -0.39 is 0 Å². The number of rotatable bonds is 1. The summed E-state index contributed by atoms with van der Waals surface area (Å²) in [6, 6.07) is 0. The molecule has 0 spiro atoms. The molecule has 4 aliphatic carbocycles. The molecule has 17 heavy (non-hydrogen) atoms. The predicted octanol–water partition coefficient (Wildman–Crippen LogP) is 3.46. The van der Waals surface area contributed by atoms with Crippen molar-refractivity contribution in [3.8, 4) is 0 Å². The molecule has 3 heteroatoms. The largest absolute Gasteiger partial charge is 0.469 e. The first-order valence-corrected chi connectivity index (χ1v) is 8.09. The fourth-order valence-electron chi connectivity index (χ4n) is 4.88. The number of ether oxygens (including phenoxy) is 1. The molecule has 4 saturated carbocycles. The van der Waals surface area contributed by atoms with E-state index in [9.17, 15) is 0 Å². The van der Waals surface area contributed by atoms with Gasteiger partial charge in [0.2, 0.25) is 5.23 Å². The lowest BCUT2D eigenvalue weighted by Crippen LogP contribution is -2.49. The maximum Gasteiger partial charge on any atom is 0.246 e. The molecular weight excluding hydrogens is 230 g/mol. The van der Waals surface area contributed by atoms with Crippen molar-refractivity contribution in [2.45, 2.75) is 57.1 Å². The molecule has 1 heterocycles. The molecular formula is C14H21NOS. The van der Waals surface area contributed by atoms with Crippen LogP contribution < -0.4 is 0 Å². The average Bonchev–Trinajstić information content (AvgIpc) is 2.60. The van der Waals surface area contributed by atoms with E-state index in [1.807, 2.05) is 11.8 Å². The summed E-state index contributed by atoms with van der Waals surface area (Å²) in [6.07, 6.45) is 8.90. The lowest BCUT2D eigenvalue weighted by molar-refractivity contribution is 0.000675. The summed E-state index contributed by atoms with van der Waals surface area (Å²) in [4.78, 5) is 5.08. The summed E-state index contributed by atoms with van der Waals surface area (Å²) in [6.45, 7) is 2.15. The van der Waals surface area contributed by atoms with Crippen LogP contribution in [0.1, 0.15) is 45.4 Å². The second-order valence-electron chi connectivity index (χ2n) is 6.76. The fourth-order valence-corrected chi connectivity index (χ4v) is 5.82. The van der Waals surface area contributed by atoms with E-state index in [4.69, 9.17) is 9.73 Å². The Labute approximate surface area is 108 Å². The first kappa shape index (κ1) is 10.7. The van der Waals surface area contributed by atoms with Crippen LogP contribution in [0, 0.1) is 17.8 Å². The van der Waals surface area contributed by atoms with Crippen LogP contribution in [0.15, 0.2) is 4.99 Å². The molecule has 0 aromatic rings. The monoisotopic (exact) mass is 251 g/mol. The standard InChI is InChI=1S/C14H21NOS/c1-9-8-17-13(16-9)15-14-5-10-2-11(6-14)4-12(3-10)7-14/h9-12H,2-8H2,1H3. The predicted molar refractivity (Wildman–Crippen MR) is 71.3 cm³/mol. The first-order valence-electron chi connectivity index (χ1n) is 7.10. The van der Waals surface area contributed by atoms with Crippen molar-refractivity contribution in [2.75, 3.05) is 5.75 Å². The summed E-state index contributed by atoms with van der Waals surface area (Å²) in [7, 11) is 0. The van der Waals surface area contributed by atoms with Crippen LogP contribution in [0.5, 0.6) is 0 Å². The Morgan fingerprint density at radius 1 is 1.12 bits per heavy atom. The first-order chi connectivity index (χ1) is 8.21. The van der Waals surface area contributed by atoms with E-state index in [2.05, 4.69) is 6.92 Å². The molecule has 0 radical (unpaired) electrons. The van der Waals surface area contributed by atoms with E-state index >= 15 is 0 Å². The fraction of sp³-hybridized carbons (Fsp3) is 0.929. The zero-order chi connectivity index (χ0) is 11.5. The van der Waals surface area contributed by atoms with Crippen molar-refractivity contribution in [1.29, 1.82) is 0 Å². The zero-order valence-corrected chi connectivity index (χ0v) is 11.3. The molecule has 5 aliphatic rings. The van der Waals surface area contributed by atoms with Crippen LogP contribution in [-0.4, -0.2) is 22.6 Å². The topological polar surface area (TPSA) is 21.6 Å². The van der Waals surface area contributed by atoms with Crippen molar-refractivity contribution in [1.82, 2.24) is 0 Å². The molecule has 1 aliphatic heterocycles. The summed E-state index contributed by atoms with van der Waals surface area (Å²) in [5.74, 6) is 4.03. The van der Waals surface area contributed by atoms with Crippen LogP contribution in [-0.2, 0) is 4.74 Å². The van der Waals surface area contributed by atoms with E-state index in [-0.39, 0.29) is 0 Å². The highest BCUT2D eigenvalue weighted by Crippen LogP contribution is 2.57. The lowest BCUT2D eigenvalue weighted by atomic mass is 9.53. The molecule has 2 nitrogen and oxygen atoms in total. The Hall–Kier alpha value is -0.180. The minimum atomic E-state index is 0.293. The Morgan fingerprint density at radius 3 is 2.18 bits per heavy atom. The zero-order valence-electron chi connectivity index (χ0n) is 10.5. The van der Waals surface area contributed by atoms with Crippen LogP contribution in [0.4, 0.5) is 0 Å². The maximum atomic E-state index is 5.81. The van der Waals surface area contributed by atoms with Crippen molar-refractivity contribution in [2.24, 2.45) is 22.7 Å². The van der Waals surface area contributed by atoms with E-state index in [0.29, 0.717) is 11.6 Å². The van der Waals surface area contributed by atoms with Gasteiger partial charge in [0.15, 0.2) is 0 Å². The Morgan fingerprint density at radius 2 is 1.71 bits per heavy atom. The minimum absolute atomic E-state index is 0.293. The van der Waals surface area contributed by atoms with E-state index in [0.717, 1.165) is 28.7 Å². The third kappa shape index (κ3) is 1.81. The molecule has 1 atom stereocenters. The second kappa shape index (κ2) is 3.66. The van der Waals surface area contributed by atoms with Gasteiger partial charge < -0.3 is 4.74 Å². The Kier molecular flexibility index (Phi) is 2.31. The summed E-state index contributed by atoms with van der Waals surface area (Å²) < 4.78 is 5.81. The van der Waals surface area contributed by atoms with Crippen LogP contribution in [0.2, 0.25) is 0 Å². The third-order valence-electron chi connectivity index (χ3n) is 5.08. The van der Waals surface area contributed by atoms with Crippen molar-refractivity contribution in [3.05, 3.63) is 0 Å². The highest BCUT2D eigenvalue weighted by molar-refractivity contribution is 8.13. The quantitative estimate of drug-likeness (QED) is 0.712. The number of aliphatic imine (C=N–C) groups is 1. The van der Waals surface area contributed by atoms with Gasteiger partial charge in [-0.25, -0.2) is 4.99 Å². The van der Waals surface area contributed by atoms with Gasteiger partial charge in [0, 0.05) is 5.75 Å². The maximum absolute atomic E-state index is 5.81. The van der Waals surface area contributed by atoms with E-state index in [1.54, 1.807) is 0 Å². The molecule has 0 N–H and O–H groups in total. The van der Waals surface area contributed by atoms with Gasteiger partial charge in [-0.15, -0.1) is 0 Å². The highest BCUT2D eigenvalue weighted by atomic mass is 32.2. The summed E-state index contributed by atoms with van der Waals surface area (Å²) in [5.41, 5.74) is 0.293. The van der Waals surface area contributed by atoms with Crippen molar-refractivity contribution < 1.29 is 4.74 Å². The van der Waals surface area contributed by atoms with E-state index in [1.165, 1.54) is 38.5 Å². The summed E-state index contributed by atoms with van der Waals surface area (Å²) >= 11 is 1.83. The van der Waals surface area contributed by atoms with Gasteiger partial charge in [-0.1, -0.05) is 11.8 Å². The minimum Gasteiger partial charge on any atom is -0.469 e. The van der Waals surface area contributed by atoms with Crippen LogP contribution in [0.3, 0.4) is 0 Å². The van der Waals surface area contributed by atoms with Crippen molar-refractivity contribution in [3.63, 3.8) is 0 Å². The molecule has 5 fully saturated rings. The number of nitrogens with zero attached hydrogens (tertiary/aromatic N) is 1. The Bertz CT molecular complexity index is 330. The SMILES string of the molecule is CC1CSC(=NC23CC4CC(CC(C4)C2)C3)O1. The summed E-state index contributed by atoms with van der Waals surface area (Å²) in [5, 5.41) is 0.999. The van der Waals surface area contributed by atoms with Gasteiger partial charge >= 0.3 is 0 Å².